The molecule has 1 saturated carbocycles. The molecule has 118 valence electrons. The molecule has 1 aliphatic heterocycles. The van der Waals surface area contributed by atoms with Crippen LogP contribution in [0, 0.1) is 10.8 Å². The lowest BCUT2D eigenvalue weighted by atomic mass is 9.57. The van der Waals surface area contributed by atoms with Crippen LogP contribution >= 0.6 is 0 Å². The predicted octanol–water partition coefficient (Wildman–Crippen LogP) is 2.15. The van der Waals surface area contributed by atoms with Gasteiger partial charge in [-0.1, -0.05) is 0 Å². The van der Waals surface area contributed by atoms with Crippen molar-refractivity contribution in [3.8, 4) is 0 Å². The van der Waals surface area contributed by atoms with Crippen LogP contribution in [0.25, 0.3) is 0 Å². The van der Waals surface area contributed by atoms with Crippen LogP contribution in [0.2, 0.25) is 0 Å². The molecule has 0 saturated heterocycles. The van der Waals surface area contributed by atoms with E-state index in [2.05, 4.69) is 0 Å². The minimum atomic E-state index is -1.66. The van der Waals surface area contributed by atoms with E-state index in [0.29, 0.717) is 0 Å². The van der Waals surface area contributed by atoms with Gasteiger partial charge in [0.05, 0.1) is 16.4 Å². The molecule has 0 aromatic heterocycles. The molecule has 2 rings (SSSR count). The number of hydrogen-bond donors (Lipinski definition) is 0. The zero-order valence-corrected chi connectivity index (χ0v) is 13.2. The third kappa shape index (κ3) is 1.86. The number of carbonyl (C=O) groups is 2. The quantitative estimate of drug-likeness (QED) is 0.577. The number of ether oxygens (including phenoxy) is 1. The number of methoxy groups -OCH3 is 1. The molecule has 2 atom stereocenters. The summed E-state index contributed by atoms with van der Waals surface area (Å²) in [6.07, 6.45) is 1.37. The second kappa shape index (κ2) is 4.44. The molecule has 0 radical (unpaired) electrons. The van der Waals surface area contributed by atoms with Crippen molar-refractivity contribution in [2.75, 3.05) is 13.8 Å². The first-order chi connectivity index (χ1) is 9.48. The summed E-state index contributed by atoms with van der Waals surface area (Å²) in [5.74, 6) is -2.41. The molecular weight excluding hydrogens is 279 g/mol. The highest BCUT2D eigenvalue weighted by molar-refractivity contribution is 6.19. The molecule has 0 aromatic carbocycles. The summed E-state index contributed by atoms with van der Waals surface area (Å²) in [6.45, 7) is 6.97. The number of rotatable bonds is 2. The van der Waals surface area contributed by atoms with Crippen molar-refractivity contribution < 1.29 is 28.5 Å². The van der Waals surface area contributed by atoms with Crippen LogP contribution in [0.15, 0.2) is 11.6 Å². The van der Waals surface area contributed by atoms with Gasteiger partial charge in [0.15, 0.2) is 11.6 Å². The van der Waals surface area contributed by atoms with Crippen LogP contribution in [0.5, 0.6) is 0 Å². The molecule has 0 aromatic rings. The molecule has 1 aliphatic carbocycles. The first-order valence-corrected chi connectivity index (χ1v) is 6.79. The van der Waals surface area contributed by atoms with Gasteiger partial charge in [0.25, 0.3) is 0 Å². The van der Waals surface area contributed by atoms with Gasteiger partial charge in [-0.15, -0.1) is 0 Å². The zero-order chi connectivity index (χ0) is 16.3. The van der Waals surface area contributed by atoms with Gasteiger partial charge >= 0.3 is 0 Å². The Balaban J connectivity index is 2.73. The fraction of sp³-hybridized carbons (Fsp3) is 0.733. The molecule has 0 spiro atoms. The van der Waals surface area contributed by atoms with Crippen LogP contribution < -0.4 is 0 Å². The summed E-state index contributed by atoms with van der Waals surface area (Å²) in [4.78, 5) is 35.8. The van der Waals surface area contributed by atoms with E-state index >= 15 is 0 Å². The van der Waals surface area contributed by atoms with Crippen LogP contribution in [-0.4, -0.2) is 36.7 Å². The van der Waals surface area contributed by atoms with Crippen LogP contribution in [-0.2, 0) is 24.1 Å². The average Bonchev–Trinajstić information content (AvgIpc) is 2.44. The number of halogens is 1. The Morgan fingerprint density at radius 3 is 2.19 bits per heavy atom. The largest absolute Gasteiger partial charge is 0.346 e. The topological polar surface area (TPSA) is 61.8 Å². The number of alkyl halides is 1. The van der Waals surface area contributed by atoms with Crippen LogP contribution in [0.3, 0.4) is 0 Å². The zero-order valence-electron chi connectivity index (χ0n) is 13.2. The van der Waals surface area contributed by atoms with Gasteiger partial charge in [-0.3, -0.25) is 9.59 Å². The second-order valence-corrected chi connectivity index (χ2v) is 6.90. The molecule has 0 bridgehead atoms. The van der Waals surface area contributed by atoms with E-state index in [1.54, 1.807) is 27.7 Å². The van der Waals surface area contributed by atoms with Crippen molar-refractivity contribution >= 4 is 11.6 Å². The summed E-state index contributed by atoms with van der Waals surface area (Å²) < 4.78 is 18.6. The Kier molecular flexibility index (Phi) is 3.44. The van der Waals surface area contributed by atoms with Gasteiger partial charge in [0.2, 0.25) is 5.79 Å². The van der Waals surface area contributed by atoms with Gasteiger partial charge in [-0.05, 0) is 40.7 Å². The van der Waals surface area contributed by atoms with Gasteiger partial charge in [-0.2, -0.15) is 4.89 Å². The van der Waals surface area contributed by atoms with Crippen molar-refractivity contribution in [1.82, 2.24) is 0 Å². The summed E-state index contributed by atoms with van der Waals surface area (Å²) in [5, 5.41) is 0. The molecule has 1 heterocycles. The smallest absolute Gasteiger partial charge is 0.242 e. The van der Waals surface area contributed by atoms with Gasteiger partial charge in [-0.25, -0.2) is 9.28 Å². The normalized spacial score (nSPS) is 38.0. The minimum Gasteiger partial charge on any atom is -0.346 e. The standard InChI is InChI=1S/C15H21FO5/c1-12(2)10(17)9-7-14(5,8-16)20-21-15(9,19-6)13(3,4)11(12)18/h7H,8H2,1-6H3/t14-,15+/m0/s1. The number of fused-ring (bicyclic) bond motifs is 1. The second-order valence-electron chi connectivity index (χ2n) is 6.90. The number of hydrogen-bond acceptors (Lipinski definition) is 5. The maximum absolute atomic E-state index is 13.2. The Morgan fingerprint density at radius 2 is 1.71 bits per heavy atom. The molecule has 2 aliphatic rings. The number of carbonyl (C=O) groups excluding carboxylic acids is 2. The van der Waals surface area contributed by atoms with Crippen LogP contribution in [0.1, 0.15) is 34.6 Å². The first-order valence-electron chi connectivity index (χ1n) is 6.79. The van der Waals surface area contributed by atoms with E-state index in [-0.39, 0.29) is 11.4 Å². The van der Waals surface area contributed by atoms with Crippen molar-refractivity contribution in [1.29, 1.82) is 0 Å². The third-order valence-electron chi connectivity index (χ3n) is 4.48. The lowest BCUT2D eigenvalue weighted by Crippen LogP contribution is -2.67. The summed E-state index contributed by atoms with van der Waals surface area (Å²) in [7, 11) is 1.33. The Hall–Kier alpha value is -1.11. The van der Waals surface area contributed by atoms with Crippen LogP contribution in [0.4, 0.5) is 4.39 Å². The molecule has 5 nitrogen and oxygen atoms in total. The summed E-state index contributed by atoms with van der Waals surface area (Å²) in [5.41, 5.74) is -3.64. The van der Waals surface area contributed by atoms with Gasteiger partial charge in [0.1, 0.15) is 12.3 Å². The first kappa shape index (κ1) is 16.3. The highest BCUT2D eigenvalue weighted by atomic mass is 19.1. The fourth-order valence-corrected chi connectivity index (χ4v) is 3.11. The highest BCUT2D eigenvalue weighted by Gasteiger charge is 2.68. The maximum atomic E-state index is 13.2. The van der Waals surface area contributed by atoms with Crippen molar-refractivity contribution in [2.45, 2.75) is 46.0 Å². The molecule has 0 amide bonds. The minimum absolute atomic E-state index is 0.131. The Morgan fingerprint density at radius 1 is 1.14 bits per heavy atom. The predicted molar refractivity (Wildman–Crippen MR) is 71.9 cm³/mol. The van der Waals surface area contributed by atoms with Crippen molar-refractivity contribution in [3.63, 3.8) is 0 Å². The molecular formula is C15H21FO5. The maximum Gasteiger partial charge on any atom is 0.242 e. The average molecular weight is 300 g/mol. The molecule has 6 heteroatoms. The van der Waals surface area contributed by atoms with Crippen molar-refractivity contribution in [2.24, 2.45) is 10.8 Å². The van der Waals surface area contributed by atoms with E-state index in [1.165, 1.54) is 20.1 Å². The molecule has 0 N–H and O–H groups in total. The Bertz CT molecular complexity index is 536. The van der Waals surface area contributed by atoms with E-state index in [0.717, 1.165) is 0 Å². The molecule has 1 fully saturated rings. The Labute approximate surface area is 123 Å². The molecule has 21 heavy (non-hydrogen) atoms. The summed E-state index contributed by atoms with van der Waals surface area (Å²) in [6, 6.07) is 0. The third-order valence-corrected chi connectivity index (χ3v) is 4.48. The number of ketones is 2. The fourth-order valence-electron chi connectivity index (χ4n) is 3.11. The lowest BCUT2D eigenvalue weighted by Gasteiger charge is -2.53. The SMILES string of the molecule is CO[C@@]12OO[C@](C)(CF)C=C1C(=O)C(C)(C)C(=O)C2(C)C. The number of Topliss-reactive ketones (excluding diaryl/α,β-unsaturated/α-hetero) is 2. The van der Waals surface area contributed by atoms with E-state index in [4.69, 9.17) is 14.5 Å². The highest BCUT2D eigenvalue weighted by Crippen LogP contribution is 2.54. The van der Waals surface area contributed by atoms with E-state index in [9.17, 15) is 14.0 Å². The van der Waals surface area contributed by atoms with E-state index < -0.39 is 34.7 Å². The monoisotopic (exact) mass is 300 g/mol. The van der Waals surface area contributed by atoms with Gasteiger partial charge < -0.3 is 4.74 Å². The lowest BCUT2D eigenvalue weighted by molar-refractivity contribution is -0.469. The van der Waals surface area contributed by atoms with E-state index in [1.807, 2.05) is 0 Å². The molecule has 0 unspecified atom stereocenters. The van der Waals surface area contributed by atoms with Gasteiger partial charge in [0, 0.05) is 7.11 Å². The van der Waals surface area contributed by atoms with Crippen molar-refractivity contribution in [3.05, 3.63) is 11.6 Å². The summed E-state index contributed by atoms with van der Waals surface area (Å²) >= 11 is 0.